The molecular weight excluding hydrogens is 226 g/mol. The van der Waals surface area contributed by atoms with Crippen LogP contribution >= 0.6 is 0 Å². The maximum absolute atomic E-state index is 5.63. The van der Waals surface area contributed by atoms with E-state index in [2.05, 4.69) is 17.4 Å². The minimum absolute atomic E-state index is 0.150. The van der Waals surface area contributed by atoms with Gasteiger partial charge in [0.25, 0.3) is 0 Å². The van der Waals surface area contributed by atoms with Crippen LogP contribution in [0.4, 0.5) is 0 Å². The molecule has 3 heteroatoms. The van der Waals surface area contributed by atoms with Crippen LogP contribution in [0.2, 0.25) is 0 Å². The van der Waals surface area contributed by atoms with Crippen molar-refractivity contribution in [3.05, 3.63) is 54.0 Å². The summed E-state index contributed by atoms with van der Waals surface area (Å²) in [7, 11) is 1.94. The lowest BCUT2D eigenvalue weighted by molar-refractivity contribution is 0.242. The normalized spacial score (nSPS) is 12.7. The van der Waals surface area contributed by atoms with Gasteiger partial charge in [-0.25, -0.2) is 0 Å². The molecule has 2 rings (SSSR count). The van der Waals surface area contributed by atoms with Crippen LogP contribution in [-0.2, 0) is 0 Å². The molecule has 0 saturated heterocycles. The molecule has 0 saturated carbocycles. The largest absolute Gasteiger partial charge is 0.491 e. The van der Waals surface area contributed by atoms with Crippen molar-refractivity contribution in [2.24, 2.45) is 0 Å². The first-order valence-corrected chi connectivity index (χ1v) is 6.16. The van der Waals surface area contributed by atoms with E-state index in [1.54, 1.807) is 12.5 Å². The van der Waals surface area contributed by atoms with E-state index in [1.807, 2.05) is 39.1 Å². The SMILES string of the molecule is CNC(c1ccc(OC(C)C)cc1)c1ccoc1. The van der Waals surface area contributed by atoms with Crippen molar-refractivity contribution in [2.75, 3.05) is 7.05 Å². The smallest absolute Gasteiger partial charge is 0.119 e. The highest BCUT2D eigenvalue weighted by Gasteiger charge is 2.12. The standard InChI is InChI=1S/C15H19NO2/c1-11(2)18-14-6-4-12(5-7-14)15(16-3)13-8-9-17-10-13/h4-11,15-16H,1-3H3. The molecule has 1 aromatic heterocycles. The summed E-state index contributed by atoms with van der Waals surface area (Å²) >= 11 is 0. The van der Waals surface area contributed by atoms with Gasteiger partial charge < -0.3 is 14.5 Å². The van der Waals surface area contributed by atoms with E-state index in [-0.39, 0.29) is 12.1 Å². The van der Waals surface area contributed by atoms with Gasteiger partial charge in [-0.2, -0.15) is 0 Å². The Balaban J connectivity index is 2.17. The molecule has 0 aliphatic rings. The molecule has 1 heterocycles. The summed E-state index contributed by atoms with van der Waals surface area (Å²) in [6, 6.07) is 10.3. The molecule has 0 spiro atoms. The van der Waals surface area contributed by atoms with Crippen LogP contribution in [0.15, 0.2) is 47.3 Å². The topological polar surface area (TPSA) is 34.4 Å². The van der Waals surface area contributed by atoms with Crippen molar-refractivity contribution >= 4 is 0 Å². The van der Waals surface area contributed by atoms with Crippen molar-refractivity contribution < 1.29 is 9.15 Å². The monoisotopic (exact) mass is 245 g/mol. The molecule has 0 radical (unpaired) electrons. The zero-order valence-electron chi connectivity index (χ0n) is 11.0. The lowest BCUT2D eigenvalue weighted by atomic mass is 10.0. The Bertz CT molecular complexity index is 460. The lowest BCUT2D eigenvalue weighted by Gasteiger charge is -2.16. The van der Waals surface area contributed by atoms with Gasteiger partial charge in [0.2, 0.25) is 0 Å². The van der Waals surface area contributed by atoms with Crippen LogP contribution in [0.1, 0.15) is 31.0 Å². The summed E-state index contributed by atoms with van der Waals surface area (Å²) < 4.78 is 10.8. The number of rotatable bonds is 5. The molecule has 1 unspecified atom stereocenters. The molecule has 3 nitrogen and oxygen atoms in total. The third-order valence-electron chi connectivity index (χ3n) is 2.75. The number of hydrogen-bond donors (Lipinski definition) is 1. The van der Waals surface area contributed by atoms with Crippen molar-refractivity contribution in [3.8, 4) is 5.75 Å². The predicted octanol–water partition coefficient (Wildman–Crippen LogP) is 3.38. The van der Waals surface area contributed by atoms with Crippen molar-refractivity contribution in [1.82, 2.24) is 5.32 Å². The van der Waals surface area contributed by atoms with E-state index in [1.165, 1.54) is 5.56 Å². The van der Waals surface area contributed by atoms with E-state index in [9.17, 15) is 0 Å². The summed E-state index contributed by atoms with van der Waals surface area (Å²) in [5.74, 6) is 0.899. The molecule has 0 amide bonds. The number of benzene rings is 1. The van der Waals surface area contributed by atoms with E-state index in [0.717, 1.165) is 11.3 Å². The van der Waals surface area contributed by atoms with Crippen molar-refractivity contribution in [3.63, 3.8) is 0 Å². The van der Waals surface area contributed by atoms with Gasteiger partial charge in [0.15, 0.2) is 0 Å². The molecular formula is C15H19NO2. The van der Waals surface area contributed by atoms with Gasteiger partial charge in [0.05, 0.1) is 24.7 Å². The van der Waals surface area contributed by atoms with Crippen LogP contribution in [0.5, 0.6) is 5.75 Å². The molecule has 18 heavy (non-hydrogen) atoms. The maximum atomic E-state index is 5.63. The molecule has 96 valence electrons. The van der Waals surface area contributed by atoms with Gasteiger partial charge in [-0.1, -0.05) is 12.1 Å². The Morgan fingerprint density at radius 3 is 2.28 bits per heavy atom. The van der Waals surface area contributed by atoms with Gasteiger partial charge in [0, 0.05) is 5.56 Å². The quantitative estimate of drug-likeness (QED) is 0.877. The Morgan fingerprint density at radius 2 is 1.78 bits per heavy atom. The number of ether oxygens (including phenoxy) is 1. The van der Waals surface area contributed by atoms with E-state index < -0.39 is 0 Å². The van der Waals surface area contributed by atoms with Crippen LogP contribution < -0.4 is 10.1 Å². The van der Waals surface area contributed by atoms with Crippen LogP contribution in [0.25, 0.3) is 0 Å². The molecule has 0 fully saturated rings. The van der Waals surface area contributed by atoms with Crippen LogP contribution in [0, 0.1) is 0 Å². The lowest BCUT2D eigenvalue weighted by Crippen LogP contribution is -2.16. The molecule has 2 aromatic rings. The first kappa shape index (κ1) is 12.7. The number of furan rings is 1. The average molecular weight is 245 g/mol. The highest BCUT2D eigenvalue weighted by molar-refractivity contribution is 5.34. The van der Waals surface area contributed by atoms with Gasteiger partial charge in [-0.05, 0) is 44.7 Å². The molecule has 0 aliphatic carbocycles. The van der Waals surface area contributed by atoms with Crippen LogP contribution in [0.3, 0.4) is 0 Å². The Hall–Kier alpha value is -1.74. The van der Waals surface area contributed by atoms with Gasteiger partial charge in [-0.3, -0.25) is 0 Å². The maximum Gasteiger partial charge on any atom is 0.119 e. The number of hydrogen-bond acceptors (Lipinski definition) is 3. The highest BCUT2D eigenvalue weighted by atomic mass is 16.5. The first-order valence-electron chi connectivity index (χ1n) is 6.16. The van der Waals surface area contributed by atoms with Gasteiger partial charge in [0.1, 0.15) is 5.75 Å². The highest BCUT2D eigenvalue weighted by Crippen LogP contribution is 2.24. The van der Waals surface area contributed by atoms with Gasteiger partial charge in [-0.15, -0.1) is 0 Å². The third kappa shape index (κ3) is 2.93. The average Bonchev–Trinajstić information content (AvgIpc) is 2.85. The van der Waals surface area contributed by atoms with E-state index in [0.29, 0.717) is 0 Å². The summed E-state index contributed by atoms with van der Waals surface area (Å²) in [6.07, 6.45) is 3.65. The van der Waals surface area contributed by atoms with Crippen LogP contribution in [-0.4, -0.2) is 13.2 Å². The summed E-state index contributed by atoms with van der Waals surface area (Å²) in [5, 5.41) is 3.28. The second kappa shape index (κ2) is 5.74. The minimum atomic E-state index is 0.150. The summed E-state index contributed by atoms with van der Waals surface area (Å²) in [4.78, 5) is 0. The Morgan fingerprint density at radius 1 is 1.06 bits per heavy atom. The summed E-state index contributed by atoms with van der Waals surface area (Å²) in [5.41, 5.74) is 2.31. The Kier molecular flexibility index (Phi) is 4.05. The van der Waals surface area contributed by atoms with Crippen molar-refractivity contribution in [1.29, 1.82) is 0 Å². The summed E-state index contributed by atoms with van der Waals surface area (Å²) in [6.45, 7) is 4.05. The fourth-order valence-electron chi connectivity index (χ4n) is 1.98. The van der Waals surface area contributed by atoms with E-state index >= 15 is 0 Å². The minimum Gasteiger partial charge on any atom is -0.491 e. The zero-order valence-corrected chi connectivity index (χ0v) is 11.0. The molecule has 1 atom stereocenters. The third-order valence-corrected chi connectivity index (χ3v) is 2.75. The first-order chi connectivity index (χ1) is 8.70. The number of nitrogens with one attached hydrogen (secondary N) is 1. The second-order valence-corrected chi connectivity index (χ2v) is 4.51. The fraction of sp³-hybridized carbons (Fsp3) is 0.333. The molecule has 1 N–H and O–H groups in total. The fourth-order valence-corrected chi connectivity index (χ4v) is 1.98. The Labute approximate surface area is 108 Å². The van der Waals surface area contributed by atoms with Crippen molar-refractivity contribution in [2.45, 2.75) is 26.0 Å². The predicted molar refractivity (Wildman–Crippen MR) is 71.8 cm³/mol. The second-order valence-electron chi connectivity index (χ2n) is 4.51. The zero-order chi connectivity index (χ0) is 13.0. The van der Waals surface area contributed by atoms with E-state index in [4.69, 9.17) is 9.15 Å². The molecule has 0 bridgehead atoms. The molecule has 0 aliphatic heterocycles. The molecule has 1 aromatic carbocycles. The van der Waals surface area contributed by atoms with Gasteiger partial charge >= 0.3 is 0 Å².